The van der Waals surface area contributed by atoms with Gasteiger partial charge in [-0.1, -0.05) is 18.2 Å². The molecule has 3 rings (SSSR count). The van der Waals surface area contributed by atoms with Gasteiger partial charge in [0.25, 0.3) is 5.91 Å². The van der Waals surface area contributed by atoms with E-state index in [-0.39, 0.29) is 18.3 Å². The molecular formula is C17H13FN2O2S. The highest BCUT2D eigenvalue weighted by Gasteiger charge is 2.11. The lowest BCUT2D eigenvalue weighted by Crippen LogP contribution is -2.12. The van der Waals surface area contributed by atoms with Crippen molar-refractivity contribution in [1.29, 1.82) is 0 Å². The van der Waals surface area contributed by atoms with E-state index < -0.39 is 0 Å². The van der Waals surface area contributed by atoms with Gasteiger partial charge in [-0.3, -0.25) is 4.79 Å². The molecule has 0 aliphatic heterocycles. The molecule has 0 aliphatic carbocycles. The molecule has 3 aromatic rings. The molecule has 0 radical (unpaired) electrons. The summed E-state index contributed by atoms with van der Waals surface area (Å²) in [7, 11) is 0. The average molecular weight is 328 g/mol. The lowest BCUT2D eigenvalue weighted by atomic mass is 10.3. The van der Waals surface area contributed by atoms with E-state index in [1.165, 1.54) is 23.5 Å². The van der Waals surface area contributed by atoms with Crippen LogP contribution in [0.4, 0.5) is 10.1 Å². The quantitative estimate of drug-likeness (QED) is 0.767. The van der Waals surface area contributed by atoms with Gasteiger partial charge in [0.1, 0.15) is 28.9 Å². The number of ether oxygens (including phenoxy) is 1. The van der Waals surface area contributed by atoms with Crippen molar-refractivity contribution in [3.05, 3.63) is 76.5 Å². The Morgan fingerprint density at radius 3 is 2.61 bits per heavy atom. The Labute approximate surface area is 136 Å². The second-order valence-corrected chi connectivity index (χ2v) is 5.63. The predicted molar refractivity (Wildman–Crippen MR) is 87.2 cm³/mol. The van der Waals surface area contributed by atoms with E-state index in [0.717, 1.165) is 5.69 Å². The third-order valence-corrected chi connectivity index (χ3v) is 3.81. The standard InChI is InChI=1S/C17H13FN2O2S/c18-12-6-8-14(9-7-12)22-10-16-20-15(11-23-16)17(21)19-13-4-2-1-3-5-13/h1-9,11H,10H2,(H,19,21). The molecule has 0 saturated heterocycles. The van der Waals surface area contributed by atoms with Crippen LogP contribution in [0.1, 0.15) is 15.5 Å². The normalized spacial score (nSPS) is 10.3. The van der Waals surface area contributed by atoms with Gasteiger partial charge < -0.3 is 10.1 Å². The molecule has 1 heterocycles. The molecule has 0 bridgehead atoms. The van der Waals surface area contributed by atoms with Crippen molar-refractivity contribution in [2.45, 2.75) is 6.61 Å². The van der Waals surface area contributed by atoms with Gasteiger partial charge >= 0.3 is 0 Å². The van der Waals surface area contributed by atoms with Crippen LogP contribution in [0, 0.1) is 5.82 Å². The molecule has 0 aliphatic rings. The maximum atomic E-state index is 12.8. The van der Waals surface area contributed by atoms with E-state index in [1.807, 2.05) is 30.3 Å². The summed E-state index contributed by atoms with van der Waals surface area (Å²) in [4.78, 5) is 16.3. The number of rotatable bonds is 5. The van der Waals surface area contributed by atoms with Crippen LogP contribution >= 0.6 is 11.3 Å². The van der Waals surface area contributed by atoms with E-state index in [4.69, 9.17) is 4.74 Å². The van der Waals surface area contributed by atoms with E-state index >= 15 is 0 Å². The van der Waals surface area contributed by atoms with Gasteiger partial charge in [0.15, 0.2) is 0 Å². The largest absolute Gasteiger partial charge is 0.486 e. The molecule has 0 saturated carbocycles. The van der Waals surface area contributed by atoms with Crippen molar-refractivity contribution in [3.63, 3.8) is 0 Å². The Morgan fingerprint density at radius 1 is 1.13 bits per heavy atom. The molecule has 23 heavy (non-hydrogen) atoms. The second-order valence-electron chi connectivity index (χ2n) is 4.69. The van der Waals surface area contributed by atoms with Crippen LogP contribution < -0.4 is 10.1 Å². The van der Waals surface area contributed by atoms with Gasteiger partial charge in [-0.2, -0.15) is 0 Å². The second kappa shape index (κ2) is 7.02. The van der Waals surface area contributed by atoms with Crippen LogP contribution in [0.25, 0.3) is 0 Å². The molecule has 0 spiro atoms. The molecule has 0 atom stereocenters. The van der Waals surface area contributed by atoms with Crippen molar-refractivity contribution in [3.8, 4) is 5.75 Å². The molecule has 0 unspecified atom stereocenters. The third-order valence-electron chi connectivity index (χ3n) is 2.99. The monoisotopic (exact) mass is 328 g/mol. The van der Waals surface area contributed by atoms with Crippen molar-refractivity contribution < 1.29 is 13.9 Å². The number of thiazole rings is 1. The molecule has 1 aromatic heterocycles. The number of carbonyl (C=O) groups is 1. The Morgan fingerprint density at radius 2 is 1.87 bits per heavy atom. The summed E-state index contributed by atoms with van der Waals surface area (Å²) in [5.74, 6) is -0.0242. The van der Waals surface area contributed by atoms with Crippen LogP contribution in [0.5, 0.6) is 5.75 Å². The third kappa shape index (κ3) is 4.14. The number of aromatic nitrogens is 1. The number of nitrogens with zero attached hydrogens (tertiary/aromatic N) is 1. The summed E-state index contributed by atoms with van der Waals surface area (Å²) < 4.78 is 18.3. The Bertz CT molecular complexity index is 788. The molecule has 2 aromatic carbocycles. The number of anilines is 1. The minimum Gasteiger partial charge on any atom is -0.486 e. The first kappa shape index (κ1) is 15.2. The van der Waals surface area contributed by atoms with Gasteiger partial charge in [0.2, 0.25) is 0 Å². The van der Waals surface area contributed by atoms with Crippen molar-refractivity contribution in [2.75, 3.05) is 5.32 Å². The number of nitrogens with one attached hydrogen (secondary N) is 1. The molecule has 4 nitrogen and oxygen atoms in total. The maximum Gasteiger partial charge on any atom is 0.275 e. The van der Waals surface area contributed by atoms with Crippen LogP contribution in [-0.2, 0) is 6.61 Å². The van der Waals surface area contributed by atoms with Crippen LogP contribution in [0.2, 0.25) is 0 Å². The molecule has 6 heteroatoms. The maximum absolute atomic E-state index is 12.8. The van der Waals surface area contributed by atoms with E-state index in [0.29, 0.717) is 16.5 Å². The minimum absolute atomic E-state index is 0.231. The van der Waals surface area contributed by atoms with Crippen LogP contribution in [-0.4, -0.2) is 10.9 Å². The summed E-state index contributed by atoms with van der Waals surface area (Å²) in [6, 6.07) is 14.9. The molecule has 0 fully saturated rings. The Balaban J connectivity index is 1.59. The van der Waals surface area contributed by atoms with Gasteiger partial charge in [0.05, 0.1) is 0 Å². The average Bonchev–Trinajstić information content (AvgIpc) is 3.04. The predicted octanol–water partition coefficient (Wildman–Crippen LogP) is 4.11. The zero-order chi connectivity index (χ0) is 16.1. The highest BCUT2D eigenvalue weighted by Crippen LogP contribution is 2.17. The minimum atomic E-state index is -0.313. The molecule has 1 N–H and O–H groups in total. The fraction of sp³-hybridized carbons (Fsp3) is 0.0588. The van der Waals surface area contributed by atoms with Crippen molar-refractivity contribution in [1.82, 2.24) is 4.98 Å². The summed E-state index contributed by atoms with van der Waals surface area (Å²) in [6.45, 7) is 0.231. The molecular weight excluding hydrogens is 315 g/mol. The highest BCUT2D eigenvalue weighted by molar-refractivity contribution is 7.09. The lowest BCUT2D eigenvalue weighted by molar-refractivity contribution is 0.102. The van der Waals surface area contributed by atoms with Gasteiger partial charge in [-0.05, 0) is 36.4 Å². The first-order chi connectivity index (χ1) is 11.2. The SMILES string of the molecule is O=C(Nc1ccccc1)c1csc(COc2ccc(F)cc2)n1. The zero-order valence-corrected chi connectivity index (χ0v) is 12.8. The van der Waals surface area contributed by atoms with Gasteiger partial charge in [-0.15, -0.1) is 11.3 Å². The number of benzene rings is 2. The summed E-state index contributed by atoms with van der Waals surface area (Å²) in [5, 5.41) is 5.13. The number of carbonyl (C=O) groups excluding carboxylic acids is 1. The van der Waals surface area contributed by atoms with Crippen molar-refractivity contribution >= 4 is 22.9 Å². The topological polar surface area (TPSA) is 51.2 Å². The Hall–Kier alpha value is -2.73. The van der Waals surface area contributed by atoms with Gasteiger partial charge in [0, 0.05) is 11.1 Å². The van der Waals surface area contributed by atoms with E-state index in [9.17, 15) is 9.18 Å². The van der Waals surface area contributed by atoms with Crippen molar-refractivity contribution in [2.24, 2.45) is 0 Å². The highest BCUT2D eigenvalue weighted by atomic mass is 32.1. The van der Waals surface area contributed by atoms with Crippen LogP contribution in [0.15, 0.2) is 60.0 Å². The molecule has 116 valence electrons. The summed E-state index contributed by atoms with van der Waals surface area (Å²) in [6.07, 6.45) is 0. The number of hydrogen-bond acceptors (Lipinski definition) is 4. The number of amides is 1. The number of halogens is 1. The Kier molecular flexibility index (Phi) is 4.63. The summed E-state index contributed by atoms with van der Waals surface area (Å²) >= 11 is 1.34. The zero-order valence-electron chi connectivity index (χ0n) is 12.0. The van der Waals surface area contributed by atoms with E-state index in [2.05, 4.69) is 10.3 Å². The van der Waals surface area contributed by atoms with Crippen LogP contribution in [0.3, 0.4) is 0 Å². The smallest absolute Gasteiger partial charge is 0.275 e. The molecule has 1 amide bonds. The fourth-order valence-electron chi connectivity index (χ4n) is 1.87. The number of hydrogen-bond donors (Lipinski definition) is 1. The number of para-hydroxylation sites is 1. The summed E-state index contributed by atoms with van der Waals surface area (Å²) in [5.41, 5.74) is 1.06. The lowest BCUT2D eigenvalue weighted by Gasteiger charge is -2.03. The fourth-order valence-corrected chi connectivity index (χ4v) is 2.56. The van der Waals surface area contributed by atoms with E-state index in [1.54, 1.807) is 17.5 Å². The van der Waals surface area contributed by atoms with Gasteiger partial charge in [-0.25, -0.2) is 9.37 Å². The first-order valence-electron chi connectivity index (χ1n) is 6.90. The first-order valence-corrected chi connectivity index (χ1v) is 7.78.